The summed E-state index contributed by atoms with van der Waals surface area (Å²) in [5.74, 6) is 0.917. The minimum atomic E-state index is 0.136. The molecule has 0 aliphatic heterocycles. The van der Waals surface area contributed by atoms with Crippen molar-refractivity contribution in [3.05, 3.63) is 36.5 Å². The van der Waals surface area contributed by atoms with Gasteiger partial charge in [-0.15, -0.1) is 0 Å². The van der Waals surface area contributed by atoms with Crippen LogP contribution in [0.15, 0.2) is 36.5 Å². The van der Waals surface area contributed by atoms with E-state index in [4.69, 9.17) is 4.74 Å². The van der Waals surface area contributed by atoms with Crippen LogP contribution in [0.5, 0.6) is 5.75 Å². The van der Waals surface area contributed by atoms with Gasteiger partial charge >= 0.3 is 0 Å². The third-order valence-corrected chi connectivity index (χ3v) is 3.58. The van der Waals surface area contributed by atoms with E-state index < -0.39 is 0 Å². The molecule has 2 aromatic rings. The first-order chi connectivity index (χ1) is 9.76. The van der Waals surface area contributed by atoms with E-state index in [9.17, 15) is 0 Å². The van der Waals surface area contributed by atoms with Gasteiger partial charge in [0, 0.05) is 17.6 Å². The van der Waals surface area contributed by atoms with E-state index in [2.05, 4.69) is 37.1 Å². The maximum Gasteiger partial charge on any atom is 0.129 e. The summed E-state index contributed by atoms with van der Waals surface area (Å²) in [7, 11) is 0. The molecule has 0 saturated carbocycles. The van der Waals surface area contributed by atoms with Crippen LogP contribution in [0.3, 0.4) is 0 Å². The molecule has 0 radical (unpaired) electrons. The van der Waals surface area contributed by atoms with Crippen LogP contribution in [-0.4, -0.2) is 23.7 Å². The van der Waals surface area contributed by atoms with Crippen molar-refractivity contribution in [1.82, 2.24) is 10.3 Å². The monoisotopic (exact) mass is 272 g/mol. The van der Waals surface area contributed by atoms with Crippen molar-refractivity contribution in [2.75, 3.05) is 6.54 Å². The summed E-state index contributed by atoms with van der Waals surface area (Å²) in [5, 5.41) is 4.62. The van der Waals surface area contributed by atoms with E-state index in [1.165, 1.54) is 0 Å². The van der Waals surface area contributed by atoms with E-state index in [1.807, 2.05) is 30.5 Å². The molecule has 1 N–H and O–H groups in total. The highest BCUT2D eigenvalue weighted by molar-refractivity contribution is 5.84. The third kappa shape index (κ3) is 3.48. The maximum atomic E-state index is 6.18. The fourth-order valence-electron chi connectivity index (χ4n) is 2.43. The number of nitrogens with zero attached hydrogens (tertiary/aromatic N) is 1. The first-order valence-corrected chi connectivity index (χ1v) is 7.50. The lowest BCUT2D eigenvalue weighted by Gasteiger charge is -2.25. The van der Waals surface area contributed by atoms with Gasteiger partial charge in [0.15, 0.2) is 0 Å². The van der Waals surface area contributed by atoms with E-state index >= 15 is 0 Å². The maximum absolute atomic E-state index is 6.18. The normalized spacial score (nSPS) is 14.2. The number of aromatic nitrogens is 1. The van der Waals surface area contributed by atoms with E-state index in [0.29, 0.717) is 6.04 Å². The van der Waals surface area contributed by atoms with Crippen molar-refractivity contribution in [1.29, 1.82) is 0 Å². The minimum Gasteiger partial charge on any atom is -0.488 e. The molecule has 3 heteroatoms. The molecule has 3 nitrogen and oxygen atoms in total. The van der Waals surface area contributed by atoms with Crippen LogP contribution in [0.2, 0.25) is 0 Å². The summed E-state index contributed by atoms with van der Waals surface area (Å²) in [6.07, 6.45) is 4.15. The number of ether oxygens (including phenoxy) is 1. The molecule has 20 heavy (non-hydrogen) atoms. The van der Waals surface area contributed by atoms with Crippen molar-refractivity contribution in [2.24, 2.45) is 0 Å². The van der Waals surface area contributed by atoms with Gasteiger partial charge in [0.1, 0.15) is 11.9 Å². The molecule has 0 bridgehead atoms. The molecule has 0 amide bonds. The number of nitrogens with one attached hydrogen (secondary N) is 1. The summed E-state index contributed by atoms with van der Waals surface area (Å²) in [6.45, 7) is 7.54. The molecule has 2 rings (SSSR count). The molecular weight excluding hydrogens is 248 g/mol. The Morgan fingerprint density at radius 2 is 2.05 bits per heavy atom. The smallest absolute Gasteiger partial charge is 0.129 e. The largest absolute Gasteiger partial charge is 0.488 e. The molecule has 2 unspecified atom stereocenters. The molecule has 0 aliphatic rings. The van der Waals surface area contributed by atoms with Crippen LogP contribution in [0.4, 0.5) is 0 Å². The Bertz CT molecular complexity index is 536. The van der Waals surface area contributed by atoms with Crippen LogP contribution in [0.25, 0.3) is 10.9 Å². The van der Waals surface area contributed by atoms with Gasteiger partial charge in [-0.3, -0.25) is 4.98 Å². The van der Waals surface area contributed by atoms with Crippen molar-refractivity contribution in [3.63, 3.8) is 0 Å². The number of rotatable bonds is 7. The van der Waals surface area contributed by atoms with Crippen molar-refractivity contribution >= 4 is 10.9 Å². The van der Waals surface area contributed by atoms with Gasteiger partial charge in [-0.2, -0.15) is 0 Å². The highest BCUT2D eigenvalue weighted by Gasteiger charge is 2.17. The molecule has 108 valence electrons. The van der Waals surface area contributed by atoms with E-state index in [1.54, 1.807) is 0 Å². The average Bonchev–Trinajstić information content (AvgIpc) is 2.48. The average molecular weight is 272 g/mol. The van der Waals surface area contributed by atoms with Crippen LogP contribution < -0.4 is 10.1 Å². The van der Waals surface area contributed by atoms with Gasteiger partial charge in [-0.25, -0.2) is 0 Å². The first kappa shape index (κ1) is 14.8. The number of hydrogen-bond donors (Lipinski definition) is 1. The van der Waals surface area contributed by atoms with Gasteiger partial charge in [0.05, 0.1) is 5.52 Å². The van der Waals surface area contributed by atoms with Gasteiger partial charge in [0.25, 0.3) is 0 Å². The summed E-state index contributed by atoms with van der Waals surface area (Å²) in [5.41, 5.74) is 0.978. The van der Waals surface area contributed by atoms with Gasteiger partial charge in [0.2, 0.25) is 0 Å². The number of pyridine rings is 1. The second-order valence-corrected chi connectivity index (χ2v) is 5.12. The zero-order valence-electron chi connectivity index (χ0n) is 12.6. The Morgan fingerprint density at radius 3 is 2.80 bits per heavy atom. The molecule has 0 aliphatic carbocycles. The Kier molecular flexibility index (Phi) is 5.36. The highest BCUT2D eigenvalue weighted by atomic mass is 16.5. The van der Waals surface area contributed by atoms with Crippen molar-refractivity contribution in [3.8, 4) is 5.75 Å². The van der Waals surface area contributed by atoms with Crippen molar-refractivity contribution in [2.45, 2.75) is 45.8 Å². The zero-order valence-corrected chi connectivity index (χ0v) is 12.6. The van der Waals surface area contributed by atoms with E-state index in [-0.39, 0.29) is 6.10 Å². The fourth-order valence-corrected chi connectivity index (χ4v) is 2.43. The third-order valence-electron chi connectivity index (χ3n) is 3.58. The molecule has 1 heterocycles. The summed E-state index contributed by atoms with van der Waals surface area (Å²) in [6, 6.07) is 10.4. The lowest BCUT2D eigenvalue weighted by molar-refractivity contribution is 0.169. The Morgan fingerprint density at radius 1 is 1.20 bits per heavy atom. The quantitative estimate of drug-likeness (QED) is 0.833. The molecular formula is C17H24N2O. The standard InChI is InChI=1S/C17H24N2O/c1-4-11-18-15(5-2)13(3)20-17-10-6-9-16-14(17)8-7-12-19-16/h6-10,12-13,15,18H,4-5,11H2,1-3H3. The second kappa shape index (κ2) is 7.25. The highest BCUT2D eigenvalue weighted by Crippen LogP contribution is 2.25. The molecule has 1 aromatic carbocycles. The van der Waals surface area contributed by atoms with Crippen LogP contribution in [0, 0.1) is 0 Å². The topological polar surface area (TPSA) is 34.1 Å². The Hall–Kier alpha value is -1.61. The molecule has 1 aromatic heterocycles. The van der Waals surface area contributed by atoms with Gasteiger partial charge in [-0.05, 0) is 50.6 Å². The lowest BCUT2D eigenvalue weighted by atomic mass is 10.1. The SMILES string of the molecule is CCCNC(CC)C(C)Oc1cccc2ncccc12. The summed E-state index contributed by atoms with van der Waals surface area (Å²) >= 11 is 0. The van der Waals surface area contributed by atoms with Crippen LogP contribution in [-0.2, 0) is 0 Å². The predicted octanol–water partition coefficient (Wildman–Crippen LogP) is 3.78. The number of benzene rings is 1. The molecule has 0 spiro atoms. The predicted molar refractivity (Wildman–Crippen MR) is 84.2 cm³/mol. The van der Waals surface area contributed by atoms with Gasteiger partial charge < -0.3 is 10.1 Å². The molecule has 0 saturated heterocycles. The van der Waals surface area contributed by atoms with Gasteiger partial charge in [-0.1, -0.05) is 19.9 Å². The molecule has 0 fully saturated rings. The molecule has 2 atom stereocenters. The number of fused-ring (bicyclic) bond motifs is 1. The van der Waals surface area contributed by atoms with Crippen LogP contribution in [0.1, 0.15) is 33.6 Å². The second-order valence-electron chi connectivity index (χ2n) is 5.12. The Balaban J connectivity index is 2.14. The summed E-state index contributed by atoms with van der Waals surface area (Å²) in [4.78, 5) is 4.37. The Labute approximate surface area is 121 Å². The zero-order chi connectivity index (χ0) is 14.4. The summed E-state index contributed by atoms with van der Waals surface area (Å²) < 4.78 is 6.18. The fraction of sp³-hybridized carbons (Fsp3) is 0.471. The van der Waals surface area contributed by atoms with Crippen LogP contribution >= 0.6 is 0 Å². The van der Waals surface area contributed by atoms with E-state index in [0.717, 1.165) is 36.0 Å². The minimum absolute atomic E-state index is 0.136. The lowest BCUT2D eigenvalue weighted by Crippen LogP contribution is -2.41. The van der Waals surface area contributed by atoms with Crippen molar-refractivity contribution < 1.29 is 4.74 Å². The number of hydrogen-bond acceptors (Lipinski definition) is 3. The first-order valence-electron chi connectivity index (χ1n) is 7.50.